The summed E-state index contributed by atoms with van der Waals surface area (Å²) in [5, 5.41) is 12.6. The quantitative estimate of drug-likeness (QED) is 0.916. The molecule has 0 bridgehead atoms. The summed E-state index contributed by atoms with van der Waals surface area (Å²) in [5.41, 5.74) is 1.60. The number of nitrogens with one attached hydrogen (secondary N) is 1. The Balaban J connectivity index is 1.91. The van der Waals surface area contributed by atoms with Crippen LogP contribution in [-0.2, 0) is 0 Å². The zero-order valence-corrected chi connectivity index (χ0v) is 13.7. The Morgan fingerprint density at radius 3 is 2.70 bits per heavy atom. The third-order valence-corrected chi connectivity index (χ3v) is 4.13. The molecule has 20 heavy (non-hydrogen) atoms. The molecule has 0 aromatic heterocycles. The van der Waals surface area contributed by atoms with E-state index >= 15 is 0 Å². The summed E-state index contributed by atoms with van der Waals surface area (Å²) in [6.45, 7) is 7.68. The minimum Gasteiger partial charge on any atom is -0.380 e. The second kappa shape index (κ2) is 7.07. The lowest BCUT2D eigenvalue weighted by atomic mass is 10.1. The number of nitrogens with zero attached hydrogens (tertiary/aromatic N) is 3. The molecule has 1 saturated heterocycles. The average molecular weight is 337 g/mol. The van der Waals surface area contributed by atoms with Crippen LogP contribution in [0, 0.1) is 11.3 Å². The van der Waals surface area contributed by atoms with Crippen molar-refractivity contribution in [2.75, 3.05) is 45.1 Å². The standard InChI is InChI=1S/C15H21BrN4/c1-12(11-20-7-5-19(2)6-8-20)18-15-4-3-14(16)9-13(15)10-17/h3-4,9,12,18H,5-8,11H2,1-2H3. The van der Waals surface area contributed by atoms with Gasteiger partial charge in [0.1, 0.15) is 6.07 Å². The molecule has 2 rings (SSSR count). The van der Waals surface area contributed by atoms with Gasteiger partial charge < -0.3 is 10.2 Å². The Kier molecular flexibility index (Phi) is 5.41. The summed E-state index contributed by atoms with van der Waals surface area (Å²) in [6, 6.07) is 8.34. The molecule has 1 unspecified atom stereocenters. The average Bonchev–Trinajstić information content (AvgIpc) is 2.43. The number of anilines is 1. The normalized spacial score (nSPS) is 18.5. The highest BCUT2D eigenvalue weighted by Gasteiger charge is 2.16. The number of piperazine rings is 1. The van der Waals surface area contributed by atoms with Gasteiger partial charge in [-0.05, 0) is 32.2 Å². The second-order valence-corrected chi connectivity index (χ2v) is 6.37. The van der Waals surface area contributed by atoms with Crippen LogP contribution in [-0.4, -0.2) is 55.6 Å². The number of benzene rings is 1. The molecule has 5 heteroatoms. The van der Waals surface area contributed by atoms with E-state index in [0.717, 1.165) is 42.9 Å². The zero-order chi connectivity index (χ0) is 14.5. The zero-order valence-electron chi connectivity index (χ0n) is 12.1. The highest BCUT2D eigenvalue weighted by Crippen LogP contribution is 2.21. The van der Waals surface area contributed by atoms with Crippen molar-refractivity contribution in [3.8, 4) is 6.07 Å². The van der Waals surface area contributed by atoms with Crippen molar-refractivity contribution >= 4 is 21.6 Å². The lowest BCUT2D eigenvalue weighted by molar-refractivity contribution is 0.151. The van der Waals surface area contributed by atoms with E-state index in [1.54, 1.807) is 0 Å². The molecular formula is C15H21BrN4. The molecule has 1 aromatic rings. The molecule has 0 radical (unpaired) electrons. The van der Waals surface area contributed by atoms with Crippen LogP contribution in [0.2, 0.25) is 0 Å². The van der Waals surface area contributed by atoms with E-state index in [4.69, 9.17) is 0 Å². The lowest BCUT2D eigenvalue weighted by Gasteiger charge is -2.34. The fourth-order valence-electron chi connectivity index (χ4n) is 2.46. The first-order chi connectivity index (χ1) is 9.58. The number of hydrogen-bond donors (Lipinski definition) is 1. The van der Waals surface area contributed by atoms with Crippen molar-refractivity contribution in [1.82, 2.24) is 9.80 Å². The van der Waals surface area contributed by atoms with Gasteiger partial charge in [-0.1, -0.05) is 15.9 Å². The molecule has 0 aliphatic carbocycles. The number of hydrogen-bond acceptors (Lipinski definition) is 4. The van der Waals surface area contributed by atoms with E-state index in [2.05, 4.69) is 51.1 Å². The van der Waals surface area contributed by atoms with E-state index < -0.39 is 0 Å². The molecule has 108 valence electrons. The fourth-order valence-corrected chi connectivity index (χ4v) is 2.82. The van der Waals surface area contributed by atoms with E-state index in [1.807, 2.05) is 18.2 Å². The van der Waals surface area contributed by atoms with Gasteiger partial charge in [0.25, 0.3) is 0 Å². The maximum absolute atomic E-state index is 9.18. The predicted molar refractivity (Wildman–Crippen MR) is 85.9 cm³/mol. The fraction of sp³-hybridized carbons (Fsp3) is 0.533. The molecule has 0 saturated carbocycles. The van der Waals surface area contributed by atoms with Crippen LogP contribution in [0.4, 0.5) is 5.69 Å². The topological polar surface area (TPSA) is 42.3 Å². The molecular weight excluding hydrogens is 316 g/mol. The van der Waals surface area contributed by atoms with Crippen LogP contribution in [0.1, 0.15) is 12.5 Å². The van der Waals surface area contributed by atoms with Crippen molar-refractivity contribution < 1.29 is 0 Å². The van der Waals surface area contributed by atoms with Crippen LogP contribution >= 0.6 is 15.9 Å². The molecule has 1 N–H and O–H groups in total. The van der Waals surface area contributed by atoms with E-state index in [1.165, 1.54) is 0 Å². The molecule has 0 spiro atoms. The Hall–Kier alpha value is -1.09. The third kappa shape index (κ3) is 4.20. The molecule has 1 aliphatic rings. The number of halogens is 1. The first-order valence-corrected chi connectivity index (χ1v) is 7.75. The van der Waals surface area contributed by atoms with Gasteiger partial charge in [0.05, 0.1) is 11.3 Å². The molecule has 1 aromatic carbocycles. The highest BCUT2D eigenvalue weighted by atomic mass is 79.9. The maximum atomic E-state index is 9.18. The van der Waals surface area contributed by atoms with Gasteiger partial charge in [0.2, 0.25) is 0 Å². The third-order valence-electron chi connectivity index (χ3n) is 3.63. The summed E-state index contributed by atoms with van der Waals surface area (Å²) in [4.78, 5) is 4.83. The molecule has 1 atom stereocenters. The minimum atomic E-state index is 0.326. The Labute approximate surface area is 129 Å². The van der Waals surface area contributed by atoms with E-state index in [9.17, 15) is 5.26 Å². The molecule has 4 nitrogen and oxygen atoms in total. The monoisotopic (exact) mass is 336 g/mol. The molecule has 1 aliphatic heterocycles. The number of nitriles is 1. The van der Waals surface area contributed by atoms with Crippen LogP contribution < -0.4 is 5.32 Å². The first kappa shape index (κ1) is 15.3. The van der Waals surface area contributed by atoms with Crippen LogP contribution in [0.15, 0.2) is 22.7 Å². The lowest BCUT2D eigenvalue weighted by Crippen LogP contribution is -2.47. The van der Waals surface area contributed by atoms with E-state index in [0.29, 0.717) is 11.6 Å². The summed E-state index contributed by atoms with van der Waals surface area (Å²) in [6.07, 6.45) is 0. The van der Waals surface area contributed by atoms with Gasteiger partial charge in [-0.2, -0.15) is 5.26 Å². The molecule has 0 amide bonds. The van der Waals surface area contributed by atoms with Crippen molar-refractivity contribution in [3.63, 3.8) is 0 Å². The smallest absolute Gasteiger partial charge is 0.101 e. The van der Waals surface area contributed by atoms with Crippen LogP contribution in [0.5, 0.6) is 0 Å². The largest absolute Gasteiger partial charge is 0.380 e. The van der Waals surface area contributed by atoms with Gasteiger partial charge in [-0.25, -0.2) is 0 Å². The van der Waals surface area contributed by atoms with Gasteiger partial charge in [-0.3, -0.25) is 4.90 Å². The van der Waals surface area contributed by atoms with Crippen molar-refractivity contribution in [2.24, 2.45) is 0 Å². The SMILES string of the molecule is CC(CN1CCN(C)CC1)Nc1ccc(Br)cc1C#N. The minimum absolute atomic E-state index is 0.326. The number of rotatable bonds is 4. The number of likely N-dealkylation sites (N-methyl/N-ethyl adjacent to an activating group) is 1. The van der Waals surface area contributed by atoms with Gasteiger partial charge in [0, 0.05) is 43.2 Å². The summed E-state index contributed by atoms with van der Waals surface area (Å²) in [5.74, 6) is 0. The van der Waals surface area contributed by atoms with Crippen molar-refractivity contribution in [2.45, 2.75) is 13.0 Å². The maximum Gasteiger partial charge on any atom is 0.101 e. The van der Waals surface area contributed by atoms with E-state index in [-0.39, 0.29) is 0 Å². The van der Waals surface area contributed by atoms with Gasteiger partial charge in [-0.15, -0.1) is 0 Å². The van der Waals surface area contributed by atoms with Crippen molar-refractivity contribution in [3.05, 3.63) is 28.2 Å². The van der Waals surface area contributed by atoms with Crippen LogP contribution in [0.25, 0.3) is 0 Å². The Morgan fingerprint density at radius 2 is 2.05 bits per heavy atom. The Bertz CT molecular complexity index is 489. The van der Waals surface area contributed by atoms with Crippen molar-refractivity contribution in [1.29, 1.82) is 5.26 Å². The predicted octanol–water partition coefficient (Wildman–Crippen LogP) is 2.37. The second-order valence-electron chi connectivity index (χ2n) is 5.45. The Morgan fingerprint density at radius 1 is 1.35 bits per heavy atom. The van der Waals surface area contributed by atoms with Gasteiger partial charge in [0.15, 0.2) is 0 Å². The van der Waals surface area contributed by atoms with Crippen LogP contribution in [0.3, 0.4) is 0 Å². The van der Waals surface area contributed by atoms with Gasteiger partial charge >= 0.3 is 0 Å². The molecule has 1 heterocycles. The summed E-state index contributed by atoms with van der Waals surface area (Å²) < 4.78 is 0.936. The first-order valence-electron chi connectivity index (χ1n) is 6.95. The highest BCUT2D eigenvalue weighted by molar-refractivity contribution is 9.10. The summed E-state index contributed by atoms with van der Waals surface area (Å²) in [7, 11) is 2.17. The molecule has 1 fully saturated rings. The summed E-state index contributed by atoms with van der Waals surface area (Å²) >= 11 is 3.40.